The Morgan fingerprint density at radius 2 is 1.88 bits per heavy atom. The van der Waals surface area contributed by atoms with Gasteiger partial charge >= 0.3 is 0 Å². The predicted octanol–water partition coefficient (Wildman–Crippen LogP) is 1.77. The highest BCUT2D eigenvalue weighted by atomic mass is 16.5. The zero-order chi connectivity index (χ0) is 17.9. The molecule has 0 fully saturated rings. The Morgan fingerprint density at radius 1 is 1.12 bits per heavy atom. The largest absolute Gasteiger partial charge is 0.497 e. The molecule has 2 aromatic rings. The number of furan rings is 1. The lowest BCUT2D eigenvalue weighted by atomic mass is 10.2. The average molecular weight is 344 g/mol. The Bertz CT molecular complexity index is 666. The fraction of sp³-hybridized carbons (Fsp3) is 0.333. The van der Waals surface area contributed by atoms with Crippen LogP contribution >= 0.6 is 0 Å². The van der Waals surface area contributed by atoms with Crippen LogP contribution in [0.3, 0.4) is 0 Å². The fourth-order valence-corrected chi connectivity index (χ4v) is 2.10. The number of nitrogens with one attached hydrogen (secondary N) is 3. The summed E-state index contributed by atoms with van der Waals surface area (Å²) in [7, 11) is 1.59. The molecule has 0 saturated carbocycles. The minimum absolute atomic E-state index is 0.123. The summed E-state index contributed by atoms with van der Waals surface area (Å²) < 4.78 is 10.3. The van der Waals surface area contributed by atoms with Gasteiger partial charge in [0.1, 0.15) is 18.1 Å². The lowest BCUT2D eigenvalue weighted by molar-refractivity contribution is 0.0954. The summed E-state index contributed by atoms with van der Waals surface area (Å²) in [6.45, 7) is 4.25. The molecule has 1 heterocycles. The normalized spacial score (nSPS) is 11.0. The number of aliphatic imine (C=N–C) groups is 1. The molecule has 0 bridgehead atoms. The molecular weight excluding hydrogens is 320 g/mol. The zero-order valence-corrected chi connectivity index (χ0v) is 14.5. The fourth-order valence-electron chi connectivity index (χ4n) is 2.10. The van der Waals surface area contributed by atoms with Crippen molar-refractivity contribution in [2.75, 3.05) is 26.7 Å². The Morgan fingerprint density at radius 3 is 2.52 bits per heavy atom. The summed E-state index contributed by atoms with van der Waals surface area (Å²) in [6, 6.07) is 10.7. The SMILES string of the molecule is CCNC(=NCc1ccco1)NCCNC(=O)c1ccc(OC)cc1. The van der Waals surface area contributed by atoms with Gasteiger partial charge in [-0.15, -0.1) is 0 Å². The van der Waals surface area contributed by atoms with E-state index in [2.05, 4.69) is 20.9 Å². The van der Waals surface area contributed by atoms with Crippen molar-refractivity contribution in [2.45, 2.75) is 13.5 Å². The molecule has 0 spiro atoms. The number of amides is 1. The van der Waals surface area contributed by atoms with Crippen molar-refractivity contribution in [3.8, 4) is 5.75 Å². The Hall–Kier alpha value is -2.96. The maximum atomic E-state index is 12.1. The van der Waals surface area contributed by atoms with Crippen molar-refractivity contribution in [1.82, 2.24) is 16.0 Å². The van der Waals surface area contributed by atoms with Gasteiger partial charge in [0.25, 0.3) is 5.91 Å². The number of ether oxygens (including phenoxy) is 1. The zero-order valence-electron chi connectivity index (χ0n) is 14.5. The molecule has 3 N–H and O–H groups in total. The van der Waals surface area contributed by atoms with E-state index in [4.69, 9.17) is 9.15 Å². The molecule has 134 valence electrons. The number of hydrogen-bond acceptors (Lipinski definition) is 4. The maximum Gasteiger partial charge on any atom is 0.251 e. The Labute approximate surface area is 147 Å². The molecule has 0 saturated heterocycles. The van der Waals surface area contributed by atoms with E-state index in [-0.39, 0.29) is 5.91 Å². The lowest BCUT2D eigenvalue weighted by Crippen LogP contribution is -2.41. The summed E-state index contributed by atoms with van der Waals surface area (Å²) in [5, 5.41) is 9.18. The van der Waals surface area contributed by atoms with Crippen LogP contribution in [0.4, 0.5) is 0 Å². The summed E-state index contributed by atoms with van der Waals surface area (Å²) in [6.07, 6.45) is 1.62. The summed E-state index contributed by atoms with van der Waals surface area (Å²) >= 11 is 0. The van der Waals surface area contributed by atoms with Crippen LogP contribution in [0.25, 0.3) is 0 Å². The number of hydrogen-bond donors (Lipinski definition) is 3. The minimum Gasteiger partial charge on any atom is -0.497 e. The van der Waals surface area contributed by atoms with Gasteiger partial charge in [-0.25, -0.2) is 4.99 Å². The average Bonchev–Trinajstić information content (AvgIpc) is 3.16. The van der Waals surface area contributed by atoms with Gasteiger partial charge in [0.05, 0.1) is 13.4 Å². The van der Waals surface area contributed by atoms with Crippen molar-refractivity contribution in [1.29, 1.82) is 0 Å². The summed E-state index contributed by atoms with van der Waals surface area (Å²) in [4.78, 5) is 16.5. The van der Waals surface area contributed by atoms with Crippen molar-refractivity contribution in [2.24, 2.45) is 4.99 Å². The van der Waals surface area contributed by atoms with Crippen LogP contribution in [0, 0.1) is 0 Å². The number of nitrogens with zero attached hydrogens (tertiary/aromatic N) is 1. The van der Waals surface area contributed by atoms with Crippen LogP contribution in [0.5, 0.6) is 5.75 Å². The summed E-state index contributed by atoms with van der Waals surface area (Å²) in [5.74, 6) is 2.07. The van der Waals surface area contributed by atoms with Gasteiger partial charge in [0.2, 0.25) is 0 Å². The molecule has 7 heteroatoms. The number of rotatable bonds is 8. The van der Waals surface area contributed by atoms with Gasteiger partial charge in [-0.05, 0) is 43.3 Å². The molecule has 1 amide bonds. The van der Waals surface area contributed by atoms with E-state index in [9.17, 15) is 4.79 Å². The monoisotopic (exact) mass is 344 g/mol. The second kappa shape index (κ2) is 10.0. The molecule has 7 nitrogen and oxygen atoms in total. The van der Waals surface area contributed by atoms with E-state index >= 15 is 0 Å². The first-order chi connectivity index (χ1) is 12.2. The predicted molar refractivity (Wildman–Crippen MR) is 96.9 cm³/mol. The highest BCUT2D eigenvalue weighted by molar-refractivity contribution is 5.94. The summed E-state index contributed by atoms with van der Waals surface area (Å²) in [5.41, 5.74) is 0.596. The highest BCUT2D eigenvalue weighted by Gasteiger charge is 2.05. The van der Waals surface area contributed by atoms with Gasteiger partial charge in [0.15, 0.2) is 5.96 Å². The van der Waals surface area contributed by atoms with Gasteiger partial charge in [-0.2, -0.15) is 0 Å². The highest BCUT2D eigenvalue weighted by Crippen LogP contribution is 2.10. The molecule has 0 aliphatic rings. The first kappa shape index (κ1) is 18.4. The molecule has 0 atom stereocenters. The van der Waals surface area contributed by atoms with Crippen molar-refractivity contribution >= 4 is 11.9 Å². The standard InChI is InChI=1S/C18H24N4O3/c1-3-19-18(22-13-16-5-4-12-25-16)21-11-10-20-17(23)14-6-8-15(24-2)9-7-14/h4-9,12H,3,10-11,13H2,1-2H3,(H,20,23)(H2,19,21,22). The van der Waals surface area contributed by atoms with Gasteiger partial charge in [-0.3, -0.25) is 4.79 Å². The van der Waals surface area contributed by atoms with E-state index in [0.29, 0.717) is 31.2 Å². The van der Waals surface area contributed by atoms with Crippen molar-refractivity contribution in [3.05, 3.63) is 54.0 Å². The third-order valence-corrected chi connectivity index (χ3v) is 3.37. The van der Waals surface area contributed by atoms with Gasteiger partial charge in [-0.1, -0.05) is 0 Å². The van der Waals surface area contributed by atoms with Gasteiger partial charge < -0.3 is 25.1 Å². The van der Waals surface area contributed by atoms with E-state index in [1.807, 2.05) is 19.1 Å². The van der Waals surface area contributed by atoms with Crippen LogP contribution in [0.1, 0.15) is 23.0 Å². The maximum absolute atomic E-state index is 12.1. The number of carbonyl (C=O) groups excluding carboxylic acids is 1. The topological polar surface area (TPSA) is 87.9 Å². The molecular formula is C18H24N4O3. The number of guanidine groups is 1. The first-order valence-electron chi connectivity index (χ1n) is 8.19. The molecule has 1 aromatic heterocycles. The molecule has 0 radical (unpaired) electrons. The Balaban J connectivity index is 1.75. The third kappa shape index (κ3) is 6.21. The molecule has 2 rings (SSSR count). The van der Waals surface area contributed by atoms with E-state index in [1.54, 1.807) is 37.6 Å². The van der Waals surface area contributed by atoms with E-state index < -0.39 is 0 Å². The second-order valence-electron chi connectivity index (χ2n) is 5.19. The van der Waals surface area contributed by atoms with Crippen molar-refractivity contribution < 1.29 is 13.9 Å². The van der Waals surface area contributed by atoms with Crippen LogP contribution in [0.2, 0.25) is 0 Å². The molecule has 0 unspecified atom stereocenters. The number of methoxy groups -OCH3 is 1. The van der Waals surface area contributed by atoms with Crippen molar-refractivity contribution in [3.63, 3.8) is 0 Å². The van der Waals surface area contributed by atoms with Crippen LogP contribution in [0.15, 0.2) is 52.1 Å². The quantitative estimate of drug-likeness (QED) is 0.386. The van der Waals surface area contributed by atoms with Crippen LogP contribution < -0.4 is 20.7 Å². The van der Waals surface area contributed by atoms with Gasteiger partial charge in [0, 0.05) is 25.2 Å². The third-order valence-electron chi connectivity index (χ3n) is 3.37. The number of carbonyl (C=O) groups is 1. The van der Waals surface area contributed by atoms with E-state index in [0.717, 1.165) is 18.1 Å². The van der Waals surface area contributed by atoms with Crippen LogP contribution in [-0.2, 0) is 6.54 Å². The first-order valence-corrected chi connectivity index (χ1v) is 8.19. The smallest absolute Gasteiger partial charge is 0.251 e. The minimum atomic E-state index is -0.123. The van der Waals surface area contributed by atoms with Crippen LogP contribution in [-0.4, -0.2) is 38.6 Å². The number of benzene rings is 1. The molecule has 1 aromatic carbocycles. The Kier molecular flexibility index (Phi) is 7.37. The molecule has 0 aliphatic carbocycles. The van der Waals surface area contributed by atoms with E-state index in [1.165, 1.54) is 0 Å². The molecule has 25 heavy (non-hydrogen) atoms. The lowest BCUT2D eigenvalue weighted by Gasteiger charge is -2.11. The molecule has 0 aliphatic heterocycles. The second-order valence-corrected chi connectivity index (χ2v) is 5.19.